The van der Waals surface area contributed by atoms with Crippen LogP contribution in [0.3, 0.4) is 0 Å². The summed E-state index contributed by atoms with van der Waals surface area (Å²) in [5.74, 6) is -2.45. The van der Waals surface area contributed by atoms with E-state index in [2.05, 4.69) is 167 Å². The Bertz CT molecular complexity index is 2760. The predicted octanol–water partition coefficient (Wildman–Crippen LogP) is 24.3. The molecule has 19 heteroatoms. The number of aliphatic hydroxyl groups is 1. The molecular weight excluding hydrogens is 1400 g/mol. The number of carbonyl (C=O) groups is 4. The van der Waals surface area contributed by atoms with Crippen LogP contribution >= 0.6 is 15.6 Å². The summed E-state index contributed by atoms with van der Waals surface area (Å²) in [6.07, 6.45) is 96.3. The lowest BCUT2D eigenvalue weighted by molar-refractivity contribution is -0.161. The molecule has 0 fully saturated rings. The van der Waals surface area contributed by atoms with Crippen LogP contribution in [0.5, 0.6) is 0 Å². The van der Waals surface area contributed by atoms with E-state index >= 15 is 0 Å². The molecular formula is C89H144O17P2. The average Bonchev–Trinajstić information content (AvgIpc) is 0.923. The monoisotopic (exact) mass is 1550 g/mol. The van der Waals surface area contributed by atoms with Gasteiger partial charge in [0.2, 0.25) is 0 Å². The Balaban J connectivity index is 5.50. The van der Waals surface area contributed by atoms with Crippen molar-refractivity contribution in [1.29, 1.82) is 0 Å². The first-order chi connectivity index (χ1) is 52.7. The van der Waals surface area contributed by atoms with Gasteiger partial charge in [0.1, 0.15) is 19.3 Å². The second-order valence-corrected chi connectivity index (χ2v) is 29.5. The van der Waals surface area contributed by atoms with Gasteiger partial charge < -0.3 is 33.8 Å². The number of allylic oxidation sites excluding steroid dienone is 29. The third kappa shape index (κ3) is 78.3. The molecule has 108 heavy (non-hydrogen) atoms. The number of carbonyl (C=O) groups excluding carboxylic acids is 4. The minimum absolute atomic E-state index is 0.0102. The van der Waals surface area contributed by atoms with E-state index in [-0.39, 0.29) is 25.7 Å². The van der Waals surface area contributed by atoms with Crippen molar-refractivity contribution in [3.8, 4) is 0 Å². The first kappa shape index (κ1) is 102. The van der Waals surface area contributed by atoms with Crippen LogP contribution in [-0.4, -0.2) is 96.7 Å². The smallest absolute Gasteiger partial charge is 0.462 e. The van der Waals surface area contributed by atoms with Crippen LogP contribution in [0.4, 0.5) is 0 Å². The molecule has 0 aromatic rings. The van der Waals surface area contributed by atoms with Crippen molar-refractivity contribution >= 4 is 39.5 Å². The minimum Gasteiger partial charge on any atom is -0.462 e. The fourth-order valence-corrected chi connectivity index (χ4v) is 11.9. The molecule has 0 aromatic carbocycles. The zero-order valence-electron chi connectivity index (χ0n) is 66.9. The molecule has 0 amide bonds. The topological polar surface area (TPSA) is 237 Å². The Labute approximate surface area is 654 Å². The van der Waals surface area contributed by atoms with E-state index in [1.54, 1.807) is 12.2 Å². The molecule has 17 nitrogen and oxygen atoms in total. The molecule has 0 aromatic heterocycles. The normalized spacial score (nSPS) is 14.8. The van der Waals surface area contributed by atoms with Crippen molar-refractivity contribution in [3.63, 3.8) is 0 Å². The number of ether oxygens (including phenoxy) is 4. The van der Waals surface area contributed by atoms with Crippen molar-refractivity contribution in [2.75, 3.05) is 39.6 Å². The van der Waals surface area contributed by atoms with E-state index in [0.717, 1.165) is 148 Å². The summed E-state index contributed by atoms with van der Waals surface area (Å²) in [5.41, 5.74) is 0. The zero-order chi connectivity index (χ0) is 78.9. The lowest BCUT2D eigenvalue weighted by Crippen LogP contribution is -2.30. The van der Waals surface area contributed by atoms with Gasteiger partial charge in [-0.15, -0.1) is 0 Å². The fraction of sp³-hybridized carbons (Fsp3) is 0.618. The molecule has 3 N–H and O–H groups in total. The second kappa shape index (κ2) is 79.3. The molecule has 612 valence electrons. The molecule has 5 unspecified atom stereocenters. The molecule has 0 aliphatic carbocycles. The largest absolute Gasteiger partial charge is 0.472 e. The van der Waals surface area contributed by atoms with Gasteiger partial charge in [0, 0.05) is 19.3 Å². The number of esters is 4. The number of aliphatic hydroxyl groups excluding tert-OH is 1. The SMILES string of the molecule is CC/C=C\C/C=C\C/C=C\C/C=C\C/C=C\C/C=C\CCC(=O)OCC(COP(=O)(O)OCC(O)COP(=O)(O)OCC(COC(=O)CCCCCCCC/C=C\C/C=C\C/C=C\C/C=C\CC)OC(=O)CCCCCCCCCCCCCCCCC)OC(=O)C/C=C\C/C=C\C/C=C\C/C=C\C/C=C\CC. The Hall–Kier alpha value is -5.84. The Morgan fingerprint density at radius 1 is 0.278 bits per heavy atom. The van der Waals surface area contributed by atoms with Crippen LogP contribution in [0.15, 0.2) is 182 Å². The highest BCUT2D eigenvalue weighted by Gasteiger charge is 2.30. The van der Waals surface area contributed by atoms with Gasteiger partial charge in [0.15, 0.2) is 12.2 Å². The molecule has 0 heterocycles. The van der Waals surface area contributed by atoms with Gasteiger partial charge in [-0.3, -0.25) is 37.3 Å². The number of hydrogen-bond donors (Lipinski definition) is 3. The molecule has 0 saturated carbocycles. The Morgan fingerprint density at radius 3 is 0.880 bits per heavy atom. The molecule has 0 aliphatic heterocycles. The van der Waals surface area contributed by atoms with Crippen molar-refractivity contribution in [3.05, 3.63) is 182 Å². The van der Waals surface area contributed by atoms with Crippen molar-refractivity contribution in [2.24, 2.45) is 0 Å². The summed E-state index contributed by atoms with van der Waals surface area (Å²) in [4.78, 5) is 73.0. The lowest BCUT2D eigenvalue weighted by Gasteiger charge is -2.21. The van der Waals surface area contributed by atoms with E-state index < -0.39 is 97.5 Å². The molecule has 0 saturated heterocycles. The molecule has 5 atom stereocenters. The first-order valence-corrected chi connectivity index (χ1v) is 44.0. The van der Waals surface area contributed by atoms with Crippen LogP contribution in [0.2, 0.25) is 0 Å². The third-order valence-electron chi connectivity index (χ3n) is 16.4. The van der Waals surface area contributed by atoms with Gasteiger partial charge in [0.25, 0.3) is 0 Å². The molecule has 0 aliphatic rings. The van der Waals surface area contributed by atoms with Gasteiger partial charge in [0.05, 0.1) is 32.8 Å². The van der Waals surface area contributed by atoms with Crippen LogP contribution in [0.25, 0.3) is 0 Å². The summed E-state index contributed by atoms with van der Waals surface area (Å²) in [6.45, 7) is 4.32. The summed E-state index contributed by atoms with van der Waals surface area (Å²) in [6, 6.07) is 0. The van der Waals surface area contributed by atoms with Crippen molar-refractivity contribution in [1.82, 2.24) is 0 Å². The van der Waals surface area contributed by atoms with Crippen LogP contribution in [0.1, 0.15) is 297 Å². The third-order valence-corrected chi connectivity index (χ3v) is 18.3. The van der Waals surface area contributed by atoms with E-state index in [4.69, 9.17) is 37.0 Å². The molecule has 0 rings (SSSR count). The summed E-state index contributed by atoms with van der Waals surface area (Å²) >= 11 is 0. The zero-order valence-corrected chi connectivity index (χ0v) is 68.7. The van der Waals surface area contributed by atoms with Crippen LogP contribution < -0.4 is 0 Å². The lowest BCUT2D eigenvalue weighted by atomic mass is 10.0. The van der Waals surface area contributed by atoms with Gasteiger partial charge in [-0.1, -0.05) is 326 Å². The van der Waals surface area contributed by atoms with Crippen molar-refractivity contribution < 1.29 is 80.2 Å². The van der Waals surface area contributed by atoms with Crippen molar-refractivity contribution in [2.45, 2.75) is 316 Å². The van der Waals surface area contributed by atoms with Gasteiger partial charge in [-0.25, -0.2) is 9.13 Å². The molecule has 0 bridgehead atoms. The van der Waals surface area contributed by atoms with E-state index in [9.17, 15) is 43.2 Å². The minimum atomic E-state index is -5.03. The van der Waals surface area contributed by atoms with Crippen LogP contribution in [-0.2, 0) is 65.4 Å². The maximum absolute atomic E-state index is 13.1. The Morgan fingerprint density at radius 2 is 0.537 bits per heavy atom. The van der Waals surface area contributed by atoms with E-state index in [1.165, 1.54) is 64.2 Å². The quantitative estimate of drug-likeness (QED) is 0.0169. The average molecular weight is 1550 g/mol. The maximum Gasteiger partial charge on any atom is 0.472 e. The molecule has 0 spiro atoms. The van der Waals surface area contributed by atoms with E-state index in [0.29, 0.717) is 32.1 Å². The number of phosphoric ester groups is 2. The number of unbranched alkanes of at least 4 members (excludes halogenated alkanes) is 20. The predicted molar refractivity (Wildman–Crippen MR) is 445 cm³/mol. The maximum atomic E-state index is 13.1. The molecule has 0 radical (unpaired) electrons. The summed E-state index contributed by atoms with van der Waals surface area (Å²) < 4.78 is 68.5. The highest BCUT2D eigenvalue weighted by molar-refractivity contribution is 7.47. The van der Waals surface area contributed by atoms with E-state index in [1.807, 2.05) is 30.4 Å². The number of rotatable bonds is 75. The second-order valence-electron chi connectivity index (χ2n) is 26.6. The highest BCUT2D eigenvalue weighted by Crippen LogP contribution is 2.45. The summed E-state index contributed by atoms with van der Waals surface area (Å²) in [7, 11) is -10.0. The standard InChI is InChI=1S/C89H144O17P2/c1-5-9-13-17-21-25-29-33-37-39-41-43-47-49-53-57-61-65-69-73-86(91)99-79-84(105-88(93)75-71-67-63-59-55-51-45-35-31-27-23-19-15-11-7-3)81-103-107(95,96)101-77-83(90)78-102-108(97,98)104-82-85(106-89(94)76-72-68-64-60-56-52-46-36-32-28-24-20-16-12-8-4)80-100-87(92)74-70-66-62-58-54-50-48-44-42-40-38-34-30-26-22-18-14-10-6-2/h9-11,13-15,21-23,25-27,33-35,37-38,41-45,49,53,55,59,61,65,67,71,83-85,90H,5-8,12,16-20,24,28-32,36,39-40,46-48,50-52,54,56-58,60,62-64,66,68-70,72-82H2,1-4H3,(H,95,96)(H,97,98)/b13-9-,14-10-,15-11-,25-21-,26-22-,27-23-,37-33-,38-34-,43-41-,44-42-,45-35-,53-49-,59-55-,65-61-,71-67-. The number of phosphoric acid groups is 2. The number of hydrogen-bond acceptors (Lipinski definition) is 15. The fourth-order valence-electron chi connectivity index (χ4n) is 10.3. The van der Waals surface area contributed by atoms with Gasteiger partial charge >= 0.3 is 39.5 Å². The summed E-state index contributed by atoms with van der Waals surface area (Å²) in [5, 5.41) is 10.7. The van der Waals surface area contributed by atoms with Gasteiger partial charge in [-0.2, -0.15) is 0 Å². The first-order valence-electron chi connectivity index (χ1n) is 41.0. The van der Waals surface area contributed by atoms with Crippen LogP contribution in [0, 0.1) is 0 Å². The van der Waals surface area contributed by atoms with Gasteiger partial charge in [-0.05, 0) is 128 Å². The Kier molecular flexibility index (Phi) is 75.0. The highest BCUT2D eigenvalue weighted by atomic mass is 31.2.